The molecule has 1 aromatic carbocycles. The monoisotopic (exact) mass is 268 g/mol. The fourth-order valence-electron chi connectivity index (χ4n) is 2.04. The molecular weight excluding hydrogens is 255 g/mol. The molecule has 3 aromatic rings. The summed E-state index contributed by atoms with van der Waals surface area (Å²) in [5, 5.41) is 4.45. The van der Waals surface area contributed by atoms with Crippen molar-refractivity contribution < 1.29 is 4.39 Å². The molecule has 4 nitrogen and oxygen atoms in total. The Morgan fingerprint density at radius 1 is 1.05 bits per heavy atom. The lowest BCUT2D eigenvalue weighted by atomic mass is 10.2. The van der Waals surface area contributed by atoms with Gasteiger partial charge in [0.2, 0.25) is 0 Å². The van der Waals surface area contributed by atoms with Crippen molar-refractivity contribution in [3.63, 3.8) is 0 Å². The third-order valence-corrected chi connectivity index (χ3v) is 3.04. The molecule has 0 bridgehead atoms. The molecule has 5 heteroatoms. The summed E-state index contributed by atoms with van der Waals surface area (Å²) in [6.45, 7) is 3.77. The van der Waals surface area contributed by atoms with E-state index >= 15 is 0 Å². The van der Waals surface area contributed by atoms with Gasteiger partial charge in [-0.15, -0.1) is 0 Å². The van der Waals surface area contributed by atoms with Crippen molar-refractivity contribution in [2.45, 2.75) is 13.8 Å². The largest absolute Gasteiger partial charge is 0.242 e. The SMILES string of the molecule is Cc1nccc(-c2cn(-c3ccc(F)cc3)nc2C)n1. The van der Waals surface area contributed by atoms with Crippen LogP contribution in [0.3, 0.4) is 0 Å². The van der Waals surface area contributed by atoms with Crippen molar-refractivity contribution in [3.8, 4) is 16.9 Å². The van der Waals surface area contributed by atoms with Crippen molar-refractivity contribution >= 4 is 0 Å². The molecule has 2 heterocycles. The average Bonchev–Trinajstić information content (AvgIpc) is 2.82. The maximum atomic E-state index is 12.9. The highest BCUT2D eigenvalue weighted by Gasteiger charge is 2.10. The quantitative estimate of drug-likeness (QED) is 0.717. The van der Waals surface area contributed by atoms with Gasteiger partial charge in [-0.3, -0.25) is 0 Å². The van der Waals surface area contributed by atoms with E-state index in [4.69, 9.17) is 0 Å². The molecule has 3 rings (SSSR count). The van der Waals surface area contributed by atoms with E-state index in [1.807, 2.05) is 26.1 Å². The zero-order valence-corrected chi connectivity index (χ0v) is 11.2. The Labute approximate surface area is 115 Å². The Hall–Kier alpha value is -2.56. The standard InChI is InChI=1S/C15H13FN4/c1-10-14(15-7-8-17-11(2)18-15)9-20(19-10)13-5-3-12(16)4-6-13/h3-9H,1-2H3. The number of hydrogen-bond donors (Lipinski definition) is 0. The van der Waals surface area contributed by atoms with E-state index in [-0.39, 0.29) is 5.82 Å². The molecule has 100 valence electrons. The van der Waals surface area contributed by atoms with Crippen LogP contribution in [0.4, 0.5) is 4.39 Å². The number of nitrogens with zero attached hydrogens (tertiary/aromatic N) is 4. The van der Waals surface area contributed by atoms with Gasteiger partial charge in [0.25, 0.3) is 0 Å². The van der Waals surface area contributed by atoms with Crippen LogP contribution in [-0.2, 0) is 0 Å². The first-order valence-corrected chi connectivity index (χ1v) is 6.26. The maximum absolute atomic E-state index is 12.9. The second-order valence-corrected chi connectivity index (χ2v) is 4.54. The van der Waals surface area contributed by atoms with Gasteiger partial charge in [0.1, 0.15) is 11.6 Å². The summed E-state index contributed by atoms with van der Waals surface area (Å²) < 4.78 is 14.7. The summed E-state index contributed by atoms with van der Waals surface area (Å²) >= 11 is 0. The van der Waals surface area contributed by atoms with Gasteiger partial charge in [0.05, 0.1) is 17.1 Å². The molecule has 0 saturated carbocycles. The smallest absolute Gasteiger partial charge is 0.125 e. The molecule has 0 unspecified atom stereocenters. The van der Waals surface area contributed by atoms with E-state index in [2.05, 4.69) is 15.1 Å². The van der Waals surface area contributed by atoms with Crippen molar-refractivity contribution in [1.29, 1.82) is 0 Å². The maximum Gasteiger partial charge on any atom is 0.125 e. The summed E-state index contributed by atoms with van der Waals surface area (Å²) in [5.74, 6) is 0.459. The summed E-state index contributed by atoms with van der Waals surface area (Å²) in [6.07, 6.45) is 3.62. The predicted octanol–water partition coefficient (Wildman–Crippen LogP) is 3.09. The third kappa shape index (κ3) is 2.30. The lowest BCUT2D eigenvalue weighted by Gasteiger charge is -2.00. The summed E-state index contributed by atoms with van der Waals surface area (Å²) in [4.78, 5) is 8.49. The Morgan fingerprint density at radius 3 is 2.50 bits per heavy atom. The number of rotatable bonds is 2. The fraction of sp³-hybridized carbons (Fsp3) is 0.133. The minimum Gasteiger partial charge on any atom is -0.242 e. The molecule has 0 N–H and O–H groups in total. The Balaban J connectivity index is 2.05. The molecular formula is C15H13FN4. The van der Waals surface area contributed by atoms with Crippen LogP contribution in [0.1, 0.15) is 11.5 Å². The van der Waals surface area contributed by atoms with Crippen molar-refractivity contribution in [2.75, 3.05) is 0 Å². The first-order valence-electron chi connectivity index (χ1n) is 6.26. The Bertz CT molecular complexity index is 747. The van der Waals surface area contributed by atoms with E-state index in [9.17, 15) is 4.39 Å². The van der Waals surface area contributed by atoms with Crippen LogP contribution < -0.4 is 0 Å². The second kappa shape index (κ2) is 4.85. The Morgan fingerprint density at radius 2 is 1.80 bits per heavy atom. The normalized spacial score (nSPS) is 10.8. The molecule has 0 amide bonds. The number of benzene rings is 1. The van der Waals surface area contributed by atoms with Crippen LogP contribution in [-0.4, -0.2) is 19.7 Å². The average molecular weight is 268 g/mol. The summed E-state index contributed by atoms with van der Waals surface area (Å²) in [7, 11) is 0. The molecule has 0 atom stereocenters. The number of hydrogen-bond acceptors (Lipinski definition) is 3. The van der Waals surface area contributed by atoms with E-state index in [1.165, 1.54) is 12.1 Å². The first kappa shape index (κ1) is 12.5. The van der Waals surface area contributed by atoms with E-state index in [0.29, 0.717) is 0 Å². The van der Waals surface area contributed by atoms with Crippen LogP contribution in [0.2, 0.25) is 0 Å². The first-order chi connectivity index (χ1) is 9.63. The van der Waals surface area contributed by atoms with Crippen LogP contribution in [0.15, 0.2) is 42.7 Å². The topological polar surface area (TPSA) is 43.6 Å². The zero-order chi connectivity index (χ0) is 14.1. The van der Waals surface area contributed by atoms with Crippen LogP contribution in [0, 0.1) is 19.7 Å². The van der Waals surface area contributed by atoms with E-state index in [0.717, 1.165) is 28.5 Å². The highest BCUT2D eigenvalue weighted by Crippen LogP contribution is 2.22. The number of aromatic nitrogens is 4. The molecule has 0 spiro atoms. The molecule has 2 aromatic heterocycles. The van der Waals surface area contributed by atoms with Gasteiger partial charge >= 0.3 is 0 Å². The van der Waals surface area contributed by atoms with Gasteiger partial charge in [-0.05, 0) is 44.2 Å². The van der Waals surface area contributed by atoms with Crippen molar-refractivity contribution in [1.82, 2.24) is 19.7 Å². The van der Waals surface area contributed by atoms with Gasteiger partial charge in [-0.1, -0.05) is 0 Å². The molecule has 0 aliphatic heterocycles. The van der Waals surface area contributed by atoms with Gasteiger partial charge < -0.3 is 0 Å². The minimum atomic E-state index is -0.260. The number of halogens is 1. The van der Waals surface area contributed by atoms with Crippen molar-refractivity contribution in [2.24, 2.45) is 0 Å². The predicted molar refractivity (Wildman–Crippen MR) is 74.0 cm³/mol. The molecule has 0 aliphatic rings. The summed E-state index contributed by atoms with van der Waals surface area (Å²) in [6, 6.07) is 8.07. The van der Waals surface area contributed by atoms with E-state index in [1.54, 1.807) is 23.0 Å². The highest BCUT2D eigenvalue weighted by atomic mass is 19.1. The van der Waals surface area contributed by atoms with E-state index < -0.39 is 0 Å². The van der Waals surface area contributed by atoms with Gasteiger partial charge in [0, 0.05) is 18.0 Å². The van der Waals surface area contributed by atoms with Gasteiger partial charge in [0.15, 0.2) is 0 Å². The fourth-order valence-corrected chi connectivity index (χ4v) is 2.04. The Kier molecular flexibility index (Phi) is 3.02. The second-order valence-electron chi connectivity index (χ2n) is 4.54. The highest BCUT2D eigenvalue weighted by molar-refractivity contribution is 5.61. The lowest BCUT2D eigenvalue weighted by Crippen LogP contribution is -1.94. The third-order valence-electron chi connectivity index (χ3n) is 3.04. The molecule has 20 heavy (non-hydrogen) atoms. The minimum absolute atomic E-state index is 0.260. The van der Waals surface area contributed by atoms with Crippen LogP contribution in [0.5, 0.6) is 0 Å². The molecule has 0 saturated heterocycles. The molecule has 0 radical (unpaired) electrons. The van der Waals surface area contributed by atoms with Crippen molar-refractivity contribution in [3.05, 3.63) is 60.1 Å². The zero-order valence-electron chi connectivity index (χ0n) is 11.2. The van der Waals surface area contributed by atoms with Gasteiger partial charge in [-0.2, -0.15) is 5.10 Å². The molecule has 0 fully saturated rings. The number of aryl methyl sites for hydroxylation is 2. The van der Waals surface area contributed by atoms with Gasteiger partial charge in [-0.25, -0.2) is 19.0 Å². The summed E-state index contributed by atoms with van der Waals surface area (Å²) in [5.41, 5.74) is 3.46. The van der Waals surface area contributed by atoms with Crippen LogP contribution in [0.25, 0.3) is 16.9 Å². The lowest BCUT2D eigenvalue weighted by molar-refractivity contribution is 0.627. The van der Waals surface area contributed by atoms with Crippen LogP contribution >= 0.6 is 0 Å². The molecule has 0 aliphatic carbocycles.